The summed E-state index contributed by atoms with van der Waals surface area (Å²) in [4.78, 5) is 23.3. The topological polar surface area (TPSA) is 141 Å². The summed E-state index contributed by atoms with van der Waals surface area (Å²) >= 11 is 0. The number of nitrogens with two attached hydrogens (primary N) is 1. The molecule has 2 saturated heterocycles. The molecular formula is C28H39N9O3. The summed E-state index contributed by atoms with van der Waals surface area (Å²) in [6.45, 7) is 13.2. The van der Waals surface area contributed by atoms with Gasteiger partial charge in [-0.1, -0.05) is 26.8 Å². The number of fused-ring (bicyclic) bond motifs is 3. The van der Waals surface area contributed by atoms with Crippen LogP contribution in [0.3, 0.4) is 0 Å². The fourth-order valence-electron chi connectivity index (χ4n) is 5.75. The standard InChI is InChI=1S/C28H39N9O3/c1-26(2,3)17-8-9-18-19(12-17)35-25(34-18)30-10-7-11-36(6)13-20-22-28(14-38-20,40-27(4,5)39-22)37-16-33-21-23(29)31-15-32-24(21)37/h8-9,12,15-16,20,22H,7,10-11,13-14H2,1-6H3,(H2,29,31,32)(H2,30,34,35). The first-order chi connectivity index (χ1) is 19.0. The molecule has 0 saturated carbocycles. The number of imidazole rings is 2. The van der Waals surface area contributed by atoms with Gasteiger partial charge in [0.05, 0.1) is 24.0 Å². The summed E-state index contributed by atoms with van der Waals surface area (Å²) in [5.41, 5.74) is 9.69. The van der Waals surface area contributed by atoms with Crippen molar-refractivity contribution in [3.05, 3.63) is 36.4 Å². The third kappa shape index (κ3) is 4.78. The molecule has 1 aromatic carbocycles. The van der Waals surface area contributed by atoms with Crippen LogP contribution in [0.25, 0.3) is 22.2 Å². The summed E-state index contributed by atoms with van der Waals surface area (Å²) in [5, 5.41) is 3.43. The number of anilines is 2. The van der Waals surface area contributed by atoms with Crippen LogP contribution >= 0.6 is 0 Å². The summed E-state index contributed by atoms with van der Waals surface area (Å²) in [5.74, 6) is 0.337. The Hall–Kier alpha value is -3.32. The van der Waals surface area contributed by atoms with Gasteiger partial charge in [-0.05, 0) is 57.0 Å². The van der Waals surface area contributed by atoms with E-state index in [9.17, 15) is 0 Å². The molecule has 0 amide bonds. The molecule has 0 bridgehead atoms. The molecule has 2 aliphatic heterocycles. The predicted molar refractivity (Wildman–Crippen MR) is 153 cm³/mol. The van der Waals surface area contributed by atoms with E-state index in [1.165, 1.54) is 11.9 Å². The van der Waals surface area contributed by atoms with Crippen molar-refractivity contribution in [2.24, 2.45) is 0 Å². The molecule has 0 aliphatic carbocycles. The number of hydrogen-bond acceptors (Lipinski definition) is 10. The molecule has 5 heterocycles. The highest BCUT2D eigenvalue weighted by atomic mass is 16.8. The molecule has 3 aromatic heterocycles. The van der Waals surface area contributed by atoms with Crippen molar-refractivity contribution in [2.45, 2.75) is 70.2 Å². The highest BCUT2D eigenvalue weighted by Gasteiger charge is 2.63. The monoisotopic (exact) mass is 549 g/mol. The van der Waals surface area contributed by atoms with Gasteiger partial charge in [-0.15, -0.1) is 0 Å². The van der Waals surface area contributed by atoms with Crippen LogP contribution in [-0.2, 0) is 25.4 Å². The van der Waals surface area contributed by atoms with E-state index < -0.39 is 11.5 Å². The average molecular weight is 550 g/mol. The summed E-state index contributed by atoms with van der Waals surface area (Å²) in [7, 11) is 2.10. The molecule has 12 nitrogen and oxygen atoms in total. The quantitative estimate of drug-likeness (QED) is 0.281. The number of rotatable bonds is 8. The van der Waals surface area contributed by atoms with Crippen LogP contribution in [-0.4, -0.2) is 85.7 Å². The van der Waals surface area contributed by atoms with Gasteiger partial charge in [0.1, 0.15) is 24.1 Å². The molecule has 2 fully saturated rings. The zero-order chi connectivity index (χ0) is 28.3. The fourth-order valence-corrected chi connectivity index (χ4v) is 5.75. The van der Waals surface area contributed by atoms with Crippen molar-refractivity contribution in [3.8, 4) is 0 Å². The van der Waals surface area contributed by atoms with E-state index in [-0.39, 0.29) is 17.6 Å². The van der Waals surface area contributed by atoms with Crippen molar-refractivity contribution in [1.82, 2.24) is 34.4 Å². The van der Waals surface area contributed by atoms with Crippen molar-refractivity contribution in [1.29, 1.82) is 0 Å². The van der Waals surface area contributed by atoms with Crippen molar-refractivity contribution in [3.63, 3.8) is 0 Å². The van der Waals surface area contributed by atoms with E-state index in [2.05, 4.69) is 81.2 Å². The summed E-state index contributed by atoms with van der Waals surface area (Å²) in [6, 6.07) is 6.42. The average Bonchev–Trinajstić information content (AvgIpc) is 3.62. The largest absolute Gasteiger partial charge is 0.382 e. The predicted octanol–water partition coefficient (Wildman–Crippen LogP) is 3.22. The molecule has 3 unspecified atom stereocenters. The van der Waals surface area contributed by atoms with Crippen LogP contribution in [0.4, 0.5) is 11.8 Å². The molecule has 2 aliphatic rings. The Morgan fingerprint density at radius 1 is 1.23 bits per heavy atom. The maximum absolute atomic E-state index is 6.50. The van der Waals surface area contributed by atoms with Gasteiger partial charge in [-0.3, -0.25) is 4.57 Å². The number of nitrogens with zero attached hydrogens (tertiary/aromatic N) is 6. The Kier molecular flexibility index (Phi) is 6.49. The number of H-pyrrole nitrogens is 1. The highest BCUT2D eigenvalue weighted by molar-refractivity contribution is 5.81. The smallest absolute Gasteiger partial charge is 0.203 e. The third-order valence-corrected chi connectivity index (χ3v) is 7.74. The molecule has 4 N–H and O–H groups in total. The zero-order valence-corrected chi connectivity index (χ0v) is 24.1. The minimum Gasteiger partial charge on any atom is -0.382 e. The molecule has 40 heavy (non-hydrogen) atoms. The number of ether oxygens (including phenoxy) is 3. The number of aromatic amines is 1. The minimum atomic E-state index is -0.889. The Morgan fingerprint density at radius 2 is 2.05 bits per heavy atom. The number of benzene rings is 1. The highest BCUT2D eigenvalue weighted by Crippen LogP contribution is 2.47. The maximum atomic E-state index is 6.50. The van der Waals surface area contributed by atoms with Gasteiger partial charge in [-0.25, -0.2) is 19.9 Å². The van der Waals surface area contributed by atoms with Crippen molar-refractivity contribution in [2.75, 3.05) is 44.3 Å². The van der Waals surface area contributed by atoms with Crippen LogP contribution in [0.5, 0.6) is 0 Å². The number of aromatic nitrogens is 6. The molecule has 6 rings (SSSR count). The van der Waals surface area contributed by atoms with E-state index in [4.69, 9.17) is 19.9 Å². The number of nitrogen functional groups attached to an aromatic ring is 1. The Morgan fingerprint density at radius 3 is 2.85 bits per heavy atom. The van der Waals surface area contributed by atoms with Gasteiger partial charge >= 0.3 is 0 Å². The molecular weight excluding hydrogens is 510 g/mol. The lowest BCUT2D eigenvalue weighted by Crippen LogP contribution is -2.46. The fraction of sp³-hybridized carbons (Fsp3) is 0.571. The summed E-state index contributed by atoms with van der Waals surface area (Å²) < 4.78 is 21.1. The van der Waals surface area contributed by atoms with Gasteiger partial charge < -0.3 is 35.1 Å². The molecule has 3 atom stereocenters. The molecule has 12 heteroatoms. The molecule has 0 radical (unpaired) electrons. The van der Waals surface area contributed by atoms with Crippen LogP contribution < -0.4 is 11.1 Å². The molecule has 214 valence electrons. The minimum absolute atomic E-state index is 0.0977. The van der Waals surface area contributed by atoms with Gasteiger partial charge in [0.15, 0.2) is 17.3 Å². The second kappa shape index (κ2) is 9.65. The van der Waals surface area contributed by atoms with E-state index >= 15 is 0 Å². The lowest BCUT2D eigenvalue weighted by atomic mass is 9.87. The van der Waals surface area contributed by atoms with Crippen molar-refractivity contribution < 1.29 is 14.2 Å². The summed E-state index contributed by atoms with van der Waals surface area (Å²) in [6.07, 6.45) is 3.53. The molecule has 4 aromatic rings. The van der Waals surface area contributed by atoms with Crippen LogP contribution in [0.1, 0.15) is 46.6 Å². The van der Waals surface area contributed by atoms with E-state index in [0.29, 0.717) is 30.1 Å². The normalized spacial score (nSPS) is 24.4. The Labute approximate surface area is 233 Å². The SMILES string of the molecule is CN(CCCNc1nc2ccc(C(C)(C)C)cc2[nH]1)CC1OCC2(n3cnc4c(N)ncnc43)OC(C)(C)OC12. The van der Waals surface area contributed by atoms with Crippen LogP contribution in [0.15, 0.2) is 30.9 Å². The Bertz CT molecular complexity index is 1520. The lowest BCUT2D eigenvalue weighted by molar-refractivity contribution is -0.205. The first-order valence-corrected chi connectivity index (χ1v) is 13.8. The van der Waals surface area contributed by atoms with Gasteiger partial charge in [0, 0.05) is 13.1 Å². The van der Waals surface area contributed by atoms with Gasteiger partial charge in [0.25, 0.3) is 0 Å². The third-order valence-electron chi connectivity index (χ3n) is 7.74. The van der Waals surface area contributed by atoms with E-state index in [0.717, 1.165) is 36.5 Å². The number of likely N-dealkylation sites (N-methyl/N-ethyl adjacent to an activating group) is 1. The van der Waals surface area contributed by atoms with Crippen LogP contribution in [0, 0.1) is 0 Å². The lowest BCUT2D eigenvalue weighted by Gasteiger charge is -2.29. The van der Waals surface area contributed by atoms with E-state index in [1.807, 2.05) is 18.4 Å². The zero-order valence-electron chi connectivity index (χ0n) is 24.1. The second-order valence-corrected chi connectivity index (χ2v) is 12.4. The van der Waals surface area contributed by atoms with Gasteiger partial charge in [0.2, 0.25) is 11.7 Å². The maximum Gasteiger partial charge on any atom is 0.203 e. The number of nitrogens with one attached hydrogen (secondary N) is 2. The van der Waals surface area contributed by atoms with Crippen LogP contribution in [0.2, 0.25) is 0 Å². The second-order valence-electron chi connectivity index (χ2n) is 12.4. The number of hydrogen-bond donors (Lipinski definition) is 3. The molecule has 0 spiro atoms. The van der Waals surface area contributed by atoms with E-state index in [1.54, 1.807) is 6.33 Å². The Balaban J connectivity index is 1.07. The first kappa shape index (κ1) is 26.9. The van der Waals surface area contributed by atoms with Gasteiger partial charge in [-0.2, -0.15) is 0 Å². The first-order valence-electron chi connectivity index (χ1n) is 13.8. The van der Waals surface area contributed by atoms with Crippen molar-refractivity contribution >= 4 is 34.0 Å².